The summed E-state index contributed by atoms with van der Waals surface area (Å²) in [6, 6.07) is 7.60. The molecule has 1 aromatic rings. The van der Waals surface area contributed by atoms with E-state index < -0.39 is 5.41 Å². The van der Waals surface area contributed by atoms with Crippen molar-refractivity contribution in [3.63, 3.8) is 0 Å². The fraction of sp³-hybridized carbons (Fsp3) is 0.588. The van der Waals surface area contributed by atoms with Crippen LogP contribution in [0.15, 0.2) is 24.3 Å². The summed E-state index contributed by atoms with van der Waals surface area (Å²) in [6.45, 7) is 8.36. The third kappa shape index (κ3) is 3.97. The maximum absolute atomic E-state index is 13.0. The van der Waals surface area contributed by atoms with E-state index in [-0.39, 0.29) is 18.6 Å². The van der Waals surface area contributed by atoms with E-state index in [0.717, 1.165) is 18.4 Å². The number of aliphatic hydroxyl groups excluding tert-OH is 1. The molecule has 0 bridgehead atoms. The average Bonchev–Trinajstić information content (AvgIpc) is 2.47. The molecular formula is C17H28N2O2. The van der Waals surface area contributed by atoms with Crippen molar-refractivity contribution in [2.75, 3.05) is 18.9 Å². The quantitative estimate of drug-likeness (QED) is 0.759. The Morgan fingerprint density at radius 2 is 1.76 bits per heavy atom. The summed E-state index contributed by atoms with van der Waals surface area (Å²) in [7, 11) is 0. The molecule has 4 nitrogen and oxygen atoms in total. The molecule has 1 rings (SSSR count). The van der Waals surface area contributed by atoms with Gasteiger partial charge in [-0.3, -0.25) is 4.79 Å². The zero-order valence-electron chi connectivity index (χ0n) is 13.6. The minimum atomic E-state index is -0.633. The molecule has 0 spiro atoms. The van der Waals surface area contributed by atoms with Crippen LogP contribution in [0.3, 0.4) is 0 Å². The molecule has 118 valence electrons. The van der Waals surface area contributed by atoms with Crippen molar-refractivity contribution < 1.29 is 9.90 Å². The fourth-order valence-electron chi connectivity index (χ4n) is 2.67. The summed E-state index contributed by atoms with van der Waals surface area (Å²) in [5, 5.41) is 9.29. The summed E-state index contributed by atoms with van der Waals surface area (Å²) < 4.78 is 0. The number of anilines is 1. The third-order valence-corrected chi connectivity index (χ3v) is 4.15. The van der Waals surface area contributed by atoms with Gasteiger partial charge in [-0.05, 0) is 44.4 Å². The average molecular weight is 292 g/mol. The third-order valence-electron chi connectivity index (χ3n) is 4.15. The normalized spacial score (nSPS) is 11.7. The highest BCUT2D eigenvalue weighted by molar-refractivity contribution is 5.87. The largest absolute Gasteiger partial charge is 0.399 e. The molecule has 0 aliphatic carbocycles. The highest BCUT2D eigenvalue weighted by Crippen LogP contribution is 2.28. The van der Waals surface area contributed by atoms with Gasteiger partial charge in [0, 0.05) is 18.3 Å². The Hall–Kier alpha value is -1.55. The van der Waals surface area contributed by atoms with Crippen LogP contribution in [-0.4, -0.2) is 35.1 Å². The van der Waals surface area contributed by atoms with E-state index in [1.54, 1.807) is 0 Å². The molecule has 21 heavy (non-hydrogen) atoms. The van der Waals surface area contributed by atoms with Gasteiger partial charge < -0.3 is 15.7 Å². The molecule has 3 N–H and O–H groups in total. The van der Waals surface area contributed by atoms with Crippen LogP contribution < -0.4 is 5.73 Å². The predicted molar refractivity (Wildman–Crippen MR) is 87.0 cm³/mol. The summed E-state index contributed by atoms with van der Waals surface area (Å²) in [4.78, 5) is 14.8. The van der Waals surface area contributed by atoms with Crippen molar-refractivity contribution >= 4 is 11.6 Å². The Balaban J connectivity index is 3.08. The Morgan fingerprint density at radius 3 is 2.19 bits per heavy atom. The van der Waals surface area contributed by atoms with Gasteiger partial charge in [-0.2, -0.15) is 0 Å². The number of carbonyl (C=O) groups is 1. The monoisotopic (exact) mass is 292 g/mol. The number of nitrogens with two attached hydrogens (primary N) is 1. The van der Waals surface area contributed by atoms with E-state index in [1.165, 1.54) is 0 Å². The number of benzene rings is 1. The van der Waals surface area contributed by atoms with Crippen molar-refractivity contribution in [2.24, 2.45) is 0 Å². The molecule has 1 aromatic carbocycles. The number of rotatable bonds is 7. The van der Waals surface area contributed by atoms with Crippen LogP contribution in [0.4, 0.5) is 5.69 Å². The summed E-state index contributed by atoms with van der Waals surface area (Å²) >= 11 is 0. The first-order chi connectivity index (χ1) is 9.88. The number of nitrogen functional groups attached to an aromatic ring is 1. The summed E-state index contributed by atoms with van der Waals surface area (Å²) in [5.41, 5.74) is 6.71. The molecule has 0 atom stereocenters. The smallest absolute Gasteiger partial charge is 0.232 e. The number of hydrogen-bond acceptors (Lipinski definition) is 3. The van der Waals surface area contributed by atoms with E-state index in [0.29, 0.717) is 12.2 Å². The molecular weight excluding hydrogens is 264 g/mol. The van der Waals surface area contributed by atoms with E-state index in [9.17, 15) is 9.90 Å². The lowest BCUT2D eigenvalue weighted by molar-refractivity contribution is -0.139. The number of carbonyl (C=O) groups excluding carboxylic acids is 1. The zero-order chi connectivity index (χ0) is 16.0. The van der Waals surface area contributed by atoms with Crippen LogP contribution >= 0.6 is 0 Å². The molecule has 0 unspecified atom stereocenters. The maximum atomic E-state index is 13.0. The van der Waals surface area contributed by atoms with Gasteiger partial charge in [0.25, 0.3) is 0 Å². The number of hydrogen-bond donors (Lipinski definition) is 2. The second-order valence-electron chi connectivity index (χ2n) is 5.94. The number of amides is 1. The van der Waals surface area contributed by atoms with Crippen LogP contribution in [-0.2, 0) is 10.2 Å². The first-order valence-corrected chi connectivity index (χ1v) is 7.66. The second kappa shape index (κ2) is 7.46. The molecule has 0 aliphatic rings. The van der Waals surface area contributed by atoms with Gasteiger partial charge in [-0.25, -0.2) is 0 Å². The lowest BCUT2D eigenvalue weighted by Gasteiger charge is -2.37. The van der Waals surface area contributed by atoms with Crippen LogP contribution in [0.2, 0.25) is 0 Å². The number of nitrogens with zero attached hydrogens (tertiary/aromatic N) is 1. The topological polar surface area (TPSA) is 66.6 Å². The van der Waals surface area contributed by atoms with Crippen LogP contribution in [0, 0.1) is 0 Å². The molecule has 0 aromatic heterocycles. The first kappa shape index (κ1) is 17.5. The lowest BCUT2D eigenvalue weighted by atomic mass is 9.82. The molecule has 0 radical (unpaired) electrons. The van der Waals surface area contributed by atoms with E-state index in [2.05, 4.69) is 13.8 Å². The zero-order valence-corrected chi connectivity index (χ0v) is 13.6. The summed E-state index contributed by atoms with van der Waals surface area (Å²) in [5.74, 6) is 0.0509. The molecule has 0 saturated heterocycles. The van der Waals surface area contributed by atoms with Gasteiger partial charge in [0.15, 0.2) is 0 Å². The van der Waals surface area contributed by atoms with E-state index in [1.807, 2.05) is 43.0 Å². The molecule has 1 amide bonds. The minimum Gasteiger partial charge on any atom is -0.399 e. The Bertz CT molecular complexity index is 450. The molecule has 0 aliphatic heterocycles. The van der Waals surface area contributed by atoms with Gasteiger partial charge in [0.2, 0.25) is 5.91 Å². The van der Waals surface area contributed by atoms with E-state index >= 15 is 0 Å². The Kier molecular flexibility index (Phi) is 6.21. The SMILES string of the molecule is CCC(CC)N(CCO)C(=O)C(C)(C)c1ccc(N)cc1. The van der Waals surface area contributed by atoms with Gasteiger partial charge in [0.1, 0.15) is 0 Å². The second-order valence-corrected chi connectivity index (χ2v) is 5.94. The van der Waals surface area contributed by atoms with Crippen molar-refractivity contribution in [1.82, 2.24) is 4.90 Å². The molecule has 0 saturated carbocycles. The van der Waals surface area contributed by atoms with Crippen LogP contribution in [0.1, 0.15) is 46.1 Å². The van der Waals surface area contributed by atoms with Crippen molar-refractivity contribution in [3.8, 4) is 0 Å². The van der Waals surface area contributed by atoms with Crippen molar-refractivity contribution in [3.05, 3.63) is 29.8 Å². The fourth-order valence-corrected chi connectivity index (χ4v) is 2.67. The molecule has 0 heterocycles. The minimum absolute atomic E-state index is 0.0138. The maximum Gasteiger partial charge on any atom is 0.232 e. The summed E-state index contributed by atoms with van der Waals surface area (Å²) in [6.07, 6.45) is 1.78. The highest BCUT2D eigenvalue weighted by Gasteiger charge is 2.35. The Labute approximate surface area is 128 Å². The standard InChI is InChI=1S/C17H28N2O2/c1-5-15(6-2)19(11-12-20)16(21)17(3,4)13-7-9-14(18)10-8-13/h7-10,15,20H,5-6,11-12,18H2,1-4H3. The Morgan fingerprint density at radius 1 is 1.24 bits per heavy atom. The number of aliphatic hydroxyl groups is 1. The van der Waals surface area contributed by atoms with Crippen LogP contribution in [0.5, 0.6) is 0 Å². The van der Waals surface area contributed by atoms with Gasteiger partial charge in [-0.15, -0.1) is 0 Å². The van der Waals surface area contributed by atoms with Crippen LogP contribution in [0.25, 0.3) is 0 Å². The highest BCUT2D eigenvalue weighted by atomic mass is 16.3. The lowest BCUT2D eigenvalue weighted by Crippen LogP contribution is -2.49. The van der Waals surface area contributed by atoms with Gasteiger partial charge >= 0.3 is 0 Å². The first-order valence-electron chi connectivity index (χ1n) is 7.66. The van der Waals surface area contributed by atoms with Crippen molar-refractivity contribution in [2.45, 2.75) is 52.0 Å². The van der Waals surface area contributed by atoms with E-state index in [4.69, 9.17) is 5.73 Å². The van der Waals surface area contributed by atoms with Gasteiger partial charge in [0.05, 0.1) is 12.0 Å². The predicted octanol–water partition coefficient (Wildman–Crippen LogP) is 2.56. The molecule has 4 heteroatoms. The van der Waals surface area contributed by atoms with Gasteiger partial charge in [-0.1, -0.05) is 26.0 Å². The molecule has 0 fully saturated rings. The van der Waals surface area contributed by atoms with Crippen molar-refractivity contribution in [1.29, 1.82) is 0 Å².